The monoisotopic (exact) mass is 446 g/mol. The van der Waals surface area contributed by atoms with Gasteiger partial charge in [0.1, 0.15) is 0 Å². The highest BCUT2D eigenvalue weighted by Crippen LogP contribution is 2.21. The number of hydrogen-bond donors (Lipinski definition) is 2. The lowest BCUT2D eigenvalue weighted by Crippen LogP contribution is -2.46. The summed E-state index contributed by atoms with van der Waals surface area (Å²) in [5.74, 6) is 1.11. The summed E-state index contributed by atoms with van der Waals surface area (Å²) in [6, 6.07) is 17.0. The molecular formula is C26H34N6O. The molecule has 0 unspecified atom stereocenters. The molecule has 2 aliphatic heterocycles. The molecule has 0 radical (unpaired) electrons. The summed E-state index contributed by atoms with van der Waals surface area (Å²) in [6.45, 7) is 6.61. The summed E-state index contributed by atoms with van der Waals surface area (Å²) in [4.78, 5) is 21.9. The van der Waals surface area contributed by atoms with Crippen molar-refractivity contribution in [3.05, 3.63) is 59.7 Å². The Hall–Kier alpha value is -2.90. The summed E-state index contributed by atoms with van der Waals surface area (Å²) in [7, 11) is 2.08. The summed E-state index contributed by atoms with van der Waals surface area (Å²) in [6.07, 6.45) is 3.27. The predicted molar refractivity (Wildman–Crippen MR) is 133 cm³/mol. The highest BCUT2D eigenvalue weighted by Gasteiger charge is 2.21. The minimum atomic E-state index is 0.151. The highest BCUT2D eigenvalue weighted by atomic mass is 16.2. The first-order valence-electron chi connectivity index (χ1n) is 12.2. The Labute approximate surface area is 195 Å². The van der Waals surface area contributed by atoms with Crippen molar-refractivity contribution in [2.75, 3.05) is 51.1 Å². The predicted octanol–water partition coefficient (Wildman–Crippen LogP) is 2.74. The number of hydrogen-bond acceptors (Lipinski definition) is 5. The van der Waals surface area contributed by atoms with Crippen LogP contribution in [0.15, 0.2) is 48.5 Å². The summed E-state index contributed by atoms with van der Waals surface area (Å²) in [5, 5.41) is 6.96. The number of imidazole rings is 1. The van der Waals surface area contributed by atoms with Gasteiger partial charge < -0.3 is 25.0 Å². The van der Waals surface area contributed by atoms with Gasteiger partial charge in [0.05, 0.1) is 11.0 Å². The molecule has 33 heavy (non-hydrogen) atoms. The molecule has 174 valence electrons. The van der Waals surface area contributed by atoms with Crippen molar-refractivity contribution in [2.24, 2.45) is 7.05 Å². The second-order valence-electron chi connectivity index (χ2n) is 9.23. The largest absolute Gasteiger partial charge is 0.353 e. The van der Waals surface area contributed by atoms with Gasteiger partial charge in [-0.25, -0.2) is 4.98 Å². The number of piperidine rings is 1. The summed E-state index contributed by atoms with van der Waals surface area (Å²) < 4.78 is 2.15. The van der Waals surface area contributed by atoms with Crippen LogP contribution in [0.2, 0.25) is 0 Å². The van der Waals surface area contributed by atoms with Gasteiger partial charge >= 0.3 is 0 Å². The second kappa shape index (κ2) is 9.93. The number of aromatic nitrogens is 2. The fourth-order valence-corrected chi connectivity index (χ4v) is 4.91. The topological polar surface area (TPSA) is 65.4 Å². The van der Waals surface area contributed by atoms with Crippen LogP contribution in [0.5, 0.6) is 0 Å². The number of anilines is 1. The van der Waals surface area contributed by atoms with Gasteiger partial charge in [-0.1, -0.05) is 24.3 Å². The van der Waals surface area contributed by atoms with Gasteiger partial charge in [0.25, 0.3) is 5.91 Å². The number of piperazine rings is 1. The molecule has 2 aromatic carbocycles. The SMILES string of the molecule is Cn1c(NC2CCN(CCc3ccc(C(=O)N4CCNCC4)cc3)CC2)nc2ccccc21. The van der Waals surface area contributed by atoms with Crippen LogP contribution in [0.3, 0.4) is 0 Å². The molecular weight excluding hydrogens is 412 g/mol. The molecule has 7 heteroatoms. The van der Waals surface area contributed by atoms with Gasteiger partial charge in [0, 0.05) is 64.5 Å². The minimum Gasteiger partial charge on any atom is -0.353 e. The smallest absolute Gasteiger partial charge is 0.253 e. The van der Waals surface area contributed by atoms with E-state index in [0.29, 0.717) is 6.04 Å². The van der Waals surface area contributed by atoms with Crippen molar-refractivity contribution in [1.82, 2.24) is 24.7 Å². The summed E-state index contributed by atoms with van der Waals surface area (Å²) >= 11 is 0. The minimum absolute atomic E-state index is 0.151. The molecule has 7 nitrogen and oxygen atoms in total. The van der Waals surface area contributed by atoms with E-state index >= 15 is 0 Å². The average molecular weight is 447 g/mol. The molecule has 2 saturated heterocycles. The van der Waals surface area contributed by atoms with E-state index in [1.807, 2.05) is 23.1 Å². The lowest BCUT2D eigenvalue weighted by atomic mass is 10.0. The number of para-hydroxylation sites is 2. The maximum absolute atomic E-state index is 12.6. The molecule has 2 N–H and O–H groups in total. The van der Waals surface area contributed by atoms with E-state index in [9.17, 15) is 4.79 Å². The molecule has 0 bridgehead atoms. The molecule has 0 aliphatic carbocycles. The number of benzene rings is 2. The number of nitrogens with one attached hydrogen (secondary N) is 2. The fraction of sp³-hybridized carbons (Fsp3) is 0.462. The highest BCUT2D eigenvalue weighted by molar-refractivity contribution is 5.94. The van der Waals surface area contributed by atoms with Crippen LogP contribution in [-0.2, 0) is 13.5 Å². The first-order chi connectivity index (χ1) is 16.2. The van der Waals surface area contributed by atoms with Crippen LogP contribution in [0, 0.1) is 0 Å². The molecule has 0 saturated carbocycles. The number of amides is 1. The number of likely N-dealkylation sites (tertiary alicyclic amines) is 1. The molecule has 1 amide bonds. The normalized spacial score (nSPS) is 18.0. The molecule has 5 rings (SSSR count). The third-order valence-electron chi connectivity index (χ3n) is 7.03. The van der Waals surface area contributed by atoms with E-state index in [4.69, 9.17) is 4.98 Å². The van der Waals surface area contributed by atoms with Crippen LogP contribution in [0.4, 0.5) is 5.95 Å². The zero-order valence-electron chi connectivity index (χ0n) is 19.5. The van der Waals surface area contributed by atoms with Crippen LogP contribution in [0.25, 0.3) is 11.0 Å². The Balaban J connectivity index is 1.08. The third kappa shape index (κ3) is 5.04. The number of fused-ring (bicyclic) bond motifs is 1. The van der Waals surface area contributed by atoms with Crippen molar-refractivity contribution in [2.45, 2.75) is 25.3 Å². The van der Waals surface area contributed by atoms with E-state index in [1.165, 1.54) is 5.56 Å². The van der Waals surface area contributed by atoms with Crippen molar-refractivity contribution in [3.63, 3.8) is 0 Å². The Morgan fingerprint density at radius 2 is 1.76 bits per heavy atom. The number of nitrogens with zero attached hydrogens (tertiary/aromatic N) is 4. The van der Waals surface area contributed by atoms with Gasteiger partial charge in [-0.05, 0) is 49.1 Å². The molecule has 0 atom stereocenters. The molecule has 3 heterocycles. The molecule has 3 aromatic rings. The Morgan fingerprint density at radius 1 is 1.03 bits per heavy atom. The lowest BCUT2D eigenvalue weighted by molar-refractivity contribution is 0.0736. The van der Waals surface area contributed by atoms with E-state index in [2.05, 4.69) is 57.5 Å². The van der Waals surface area contributed by atoms with Gasteiger partial charge in [-0.15, -0.1) is 0 Å². The first kappa shape index (κ1) is 21.9. The van der Waals surface area contributed by atoms with Crippen LogP contribution in [-0.4, -0.2) is 77.1 Å². The van der Waals surface area contributed by atoms with Crippen molar-refractivity contribution < 1.29 is 4.79 Å². The third-order valence-corrected chi connectivity index (χ3v) is 7.03. The quantitative estimate of drug-likeness (QED) is 0.610. The van der Waals surface area contributed by atoms with Gasteiger partial charge in [-0.2, -0.15) is 0 Å². The zero-order valence-corrected chi connectivity index (χ0v) is 19.5. The standard InChI is InChI=1S/C26H34N6O/c1-30-24-5-3-2-4-23(24)29-26(30)28-22-11-16-31(17-12-22)15-10-20-6-8-21(9-7-20)25(33)32-18-13-27-14-19-32/h2-9,22,27H,10-19H2,1H3,(H,28,29). The second-order valence-corrected chi connectivity index (χ2v) is 9.23. The maximum Gasteiger partial charge on any atom is 0.253 e. The van der Waals surface area contributed by atoms with Crippen LogP contribution < -0.4 is 10.6 Å². The molecule has 2 fully saturated rings. The number of carbonyl (C=O) groups is 1. The Kier molecular flexibility index (Phi) is 6.60. The summed E-state index contributed by atoms with van der Waals surface area (Å²) in [5.41, 5.74) is 4.31. The zero-order chi connectivity index (χ0) is 22.6. The van der Waals surface area contributed by atoms with Crippen molar-refractivity contribution in [3.8, 4) is 0 Å². The van der Waals surface area contributed by atoms with Crippen molar-refractivity contribution in [1.29, 1.82) is 0 Å². The van der Waals surface area contributed by atoms with Gasteiger partial charge in [-0.3, -0.25) is 4.79 Å². The first-order valence-corrected chi connectivity index (χ1v) is 12.2. The number of aryl methyl sites for hydroxylation is 1. The lowest BCUT2D eigenvalue weighted by Gasteiger charge is -2.32. The van der Waals surface area contributed by atoms with Crippen molar-refractivity contribution >= 4 is 22.9 Å². The van der Waals surface area contributed by atoms with Crippen LogP contribution in [0.1, 0.15) is 28.8 Å². The average Bonchev–Trinajstić information content (AvgIpc) is 3.19. The van der Waals surface area contributed by atoms with Gasteiger partial charge in [0.2, 0.25) is 5.95 Å². The molecule has 1 aromatic heterocycles. The maximum atomic E-state index is 12.6. The molecule has 0 spiro atoms. The van der Waals surface area contributed by atoms with E-state index in [0.717, 1.165) is 87.6 Å². The fourth-order valence-electron chi connectivity index (χ4n) is 4.91. The Morgan fingerprint density at radius 3 is 2.48 bits per heavy atom. The van der Waals surface area contributed by atoms with Crippen LogP contribution >= 0.6 is 0 Å². The number of carbonyl (C=O) groups excluding carboxylic acids is 1. The van der Waals surface area contributed by atoms with Gasteiger partial charge in [0.15, 0.2) is 0 Å². The Bertz CT molecular complexity index is 1080. The van der Waals surface area contributed by atoms with E-state index in [1.54, 1.807) is 0 Å². The van der Waals surface area contributed by atoms with E-state index < -0.39 is 0 Å². The molecule has 2 aliphatic rings. The van der Waals surface area contributed by atoms with E-state index in [-0.39, 0.29) is 5.91 Å². The number of rotatable bonds is 6.